The average molecular weight is 356 g/mol. The molecule has 2 fully saturated rings. The van der Waals surface area contributed by atoms with Crippen LogP contribution in [0.2, 0.25) is 0 Å². The van der Waals surface area contributed by atoms with Crippen molar-refractivity contribution in [2.45, 2.75) is 52.5 Å². The van der Waals surface area contributed by atoms with Crippen molar-refractivity contribution in [3.8, 4) is 0 Å². The normalized spacial score (nSPS) is 33.8. The van der Waals surface area contributed by atoms with E-state index in [0.29, 0.717) is 19.6 Å². The molecular weight excluding hydrogens is 326 g/mol. The monoisotopic (exact) mass is 355 g/mol. The van der Waals surface area contributed by atoms with E-state index in [2.05, 4.69) is 0 Å². The largest absolute Gasteiger partial charge is 0.299 e. The molecule has 0 N–H and O–H groups in total. The molecule has 1 saturated heterocycles. The molecule has 0 aromatic rings. The molecule has 1 aliphatic carbocycles. The molecule has 2 heterocycles. The van der Waals surface area contributed by atoms with Crippen molar-refractivity contribution < 1.29 is 13.2 Å². The van der Waals surface area contributed by atoms with Gasteiger partial charge in [-0.25, -0.2) is 12.7 Å². The molecule has 3 rings (SSSR count). The predicted octanol–water partition coefficient (Wildman–Crippen LogP) is 1.72. The fourth-order valence-corrected chi connectivity index (χ4v) is 6.56. The van der Waals surface area contributed by atoms with Crippen LogP contribution in [0.1, 0.15) is 47.0 Å². The summed E-state index contributed by atoms with van der Waals surface area (Å²) in [7, 11) is -3.24. The second-order valence-electron chi connectivity index (χ2n) is 7.75. The number of hydrogen-bond acceptors (Lipinski definition) is 4. The molecule has 136 valence electrons. The summed E-state index contributed by atoms with van der Waals surface area (Å²) in [6.07, 6.45) is 2.40. The molecule has 6 nitrogen and oxygen atoms in total. The zero-order valence-corrected chi connectivity index (χ0v) is 16.0. The summed E-state index contributed by atoms with van der Waals surface area (Å²) in [5.41, 5.74) is -0.700. The number of nitrogens with zero attached hydrogens (tertiary/aromatic N) is 3. The number of likely N-dealkylation sites (N-methyl/N-ethyl adjacent to an activating group) is 1. The van der Waals surface area contributed by atoms with Gasteiger partial charge in [-0.2, -0.15) is 0 Å². The van der Waals surface area contributed by atoms with E-state index in [-0.39, 0.29) is 29.4 Å². The Kier molecular flexibility index (Phi) is 4.53. The van der Waals surface area contributed by atoms with Crippen LogP contribution in [0.15, 0.2) is 4.99 Å². The second kappa shape index (κ2) is 6.09. The van der Waals surface area contributed by atoms with Crippen LogP contribution in [0.5, 0.6) is 0 Å². The van der Waals surface area contributed by atoms with Crippen molar-refractivity contribution in [3.05, 3.63) is 0 Å². The number of sulfonamides is 1. The Morgan fingerprint density at radius 2 is 2.00 bits per heavy atom. The molecule has 24 heavy (non-hydrogen) atoms. The highest BCUT2D eigenvalue weighted by molar-refractivity contribution is 7.89. The van der Waals surface area contributed by atoms with Crippen LogP contribution in [0.4, 0.5) is 0 Å². The maximum atomic E-state index is 13.1. The highest BCUT2D eigenvalue weighted by Crippen LogP contribution is 2.50. The molecule has 1 saturated carbocycles. The van der Waals surface area contributed by atoms with E-state index >= 15 is 0 Å². The predicted molar refractivity (Wildman–Crippen MR) is 94.3 cm³/mol. The zero-order chi connectivity index (χ0) is 17.7. The van der Waals surface area contributed by atoms with E-state index in [1.807, 2.05) is 27.7 Å². The van der Waals surface area contributed by atoms with Crippen LogP contribution in [0.25, 0.3) is 0 Å². The fraction of sp³-hybridized carbons (Fsp3) is 0.882. The van der Waals surface area contributed by atoms with Gasteiger partial charge in [-0.3, -0.25) is 14.7 Å². The minimum absolute atomic E-state index is 0.0324. The number of carbonyl (C=O) groups excluding carboxylic acids is 1. The molecule has 1 spiro atoms. The molecule has 0 aromatic carbocycles. The number of amides is 1. The van der Waals surface area contributed by atoms with Crippen molar-refractivity contribution in [2.24, 2.45) is 22.7 Å². The summed E-state index contributed by atoms with van der Waals surface area (Å²) >= 11 is 0. The van der Waals surface area contributed by atoms with E-state index in [1.165, 1.54) is 0 Å². The van der Waals surface area contributed by atoms with E-state index in [4.69, 9.17) is 4.99 Å². The van der Waals surface area contributed by atoms with Gasteiger partial charge in [-0.15, -0.1) is 0 Å². The third kappa shape index (κ3) is 2.60. The minimum Gasteiger partial charge on any atom is -0.299 e. The van der Waals surface area contributed by atoms with Crippen LogP contribution in [0, 0.1) is 17.8 Å². The van der Waals surface area contributed by atoms with E-state index in [0.717, 1.165) is 25.1 Å². The highest BCUT2D eigenvalue weighted by atomic mass is 32.2. The maximum Gasteiger partial charge on any atom is 0.256 e. The highest BCUT2D eigenvalue weighted by Gasteiger charge is 2.61. The Labute approximate surface area is 145 Å². The first-order chi connectivity index (χ1) is 11.2. The third-order valence-corrected chi connectivity index (χ3v) is 7.92. The van der Waals surface area contributed by atoms with Gasteiger partial charge in [-0.05, 0) is 31.6 Å². The van der Waals surface area contributed by atoms with Crippen molar-refractivity contribution in [1.29, 1.82) is 0 Å². The summed E-state index contributed by atoms with van der Waals surface area (Å²) in [4.78, 5) is 19.7. The molecule has 7 heteroatoms. The zero-order valence-electron chi connectivity index (χ0n) is 15.2. The van der Waals surface area contributed by atoms with Gasteiger partial charge in [0.2, 0.25) is 10.0 Å². The third-order valence-electron chi connectivity index (χ3n) is 5.74. The van der Waals surface area contributed by atoms with Gasteiger partial charge in [0.05, 0.1) is 5.75 Å². The average Bonchev–Trinajstić information content (AvgIpc) is 3.13. The maximum absolute atomic E-state index is 13.1. The first-order valence-electron chi connectivity index (χ1n) is 9.13. The molecular formula is C17H29N3O3S. The van der Waals surface area contributed by atoms with Gasteiger partial charge in [0.25, 0.3) is 5.91 Å². The standard InChI is InChI=1S/C17H29N3O3S/c1-5-15-18-17(16(21)20(15)6-2)8-7-13-9-19(10-14(13)17)24(22,23)11-12(3)4/h12-14H,5-11H2,1-4H3/t13-,14+,17-/m1/s1. The lowest BCUT2D eigenvalue weighted by molar-refractivity contribution is -0.132. The summed E-state index contributed by atoms with van der Waals surface area (Å²) in [5, 5.41) is 0. The smallest absolute Gasteiger partial charge is 0.256 e. The number of fused-ring (bicyclic) bond motifs is 2. The SMILES string of the molecule is CCC1=N[C@@]2(CC[C@@H]3CN(S(=O)(=O)CC(C)C)C[C@@H]32)C(=O)N1CC. The van der Waals surface area contributed by atoms with Gasteiger partial charge in [0, 0.05) is 32.0 Å². The second-order valence-corrected chi connectivity index (χ2v) is 9.76. The van der Waals surface area contributed by atoms with Gasteiger partial charge in [0.1, 0.15) is 11.4 Å². The van der Waals surface area contributed by atoms with Crippen molar-refractivity contribution in [3.63, 3.8) is 0 Å². The van der Waals surface area contributed by atoms with E-state index < -0.39 is 15.6 Å². The Bertz CT molecular complexity index is 658. The summed E-state index contributed by atoms with van der Waals surface area (Å²) in [6.45, 7) is 9.49. The van der Waals surface area contributed by atoms with Crippen LogP contribution in [-0.4, -0.2) is 60.3 Å². The van der Waals surface area contributed by atoms with Crippen LogP contribution >= 0.6 is 0 Å². The summed E-state index contributed by atoms with van der Waals surface area (Å²) in [5.74, 6) is 1.54. The molecule has 0 aromatic heterocycles. The van der Waals surface area contributed by atoms with E-state index in [9.17, 15) is 13.2 Å². The number of hydrogen-bond donors (Lipinski definition) is 0. The molecule has 0 radical (unpaired) electrons. The topological polar surface area (TPSA) is 70.0 Å². The van der Waals surface area contributed by atoms with Gasteiger partial charge < -0.3 is 0 Å². The van der Waals surface area contributed by atoms with Gasteiger partial charge in [-0.1, -0.05) is 20.8 Å². The van der Waals surface area contributed by atoms with Gasteiger partial charge in [0.15, 0.2) is 0 Å². The van der Waals surface area contributed by atoms with Crippen molar-refractivity contribution in [1.82, 2.24) is 9.21 Å². The molecule has 0 bridgehead atoms. The Morgan fingerprint density at radius 3 is 2.54 bits per heavy atom. The van der Waals surface area contributed by atoms with Crippen molar-refractivity contribution in [2.75, 3.05) is 25.4 Å². The summed E-state index contributed by atoms with van der Waals surface area (Å²) in [6, 6.07) is 0. The van der Waals surface area contributed by atoms with Crippen LogP contribution < -0.4 is 0 Å². The molecule has 1 amide bonds. The van der Waals surface area contributed by atoms with Crippen LogP contribution in [0.3, 0.4) is 0 Å². The quantitative estimate of drug-likeness (QED) is 0.754. The summed E-state index contributed by atoms with van der Waals surface area (Å²) < 4.78 is 26.8. The lowest BCUT2D eigenvalue weighted by Gasteiger charge is -2.28. The number of rotatable bonds is 5. The number of carbonyl (C=O) groups is 1. The Hall–Kier alpha value is -0.950. The van der Waals surface area contributed by atoms with Crippen molar-refractivity contribution >= 4 is 21.8 Å². The first kappa shape index (κ1) is 17.9. The molecule has 2 aliphatic heterocycles. The number of aliphatic imine (C=N–C) groups is 1. The molecule has 3 aliphatic rings. The lowest BCUT2D eigenvalue weighted by Crippen LogP contribution is -2.47. The van der Waals surface area contributed by atoms with Crippen LogP contribution in [-0.2, 0) is 14.8 Å². The number of amidine groups is 1. The van der Waals surface area contributed by atoms with Gasteiger partial charge >= 0.3 is 0 Å². The molecule has 0 unspecified atom stereocenters. The first-order valence-corrected chi connectivity index (χ1v) is 10.7. The van der Waals surface area contributed by atoms with E-state index in [1.54, 1.807) is 9.21 Å². The lowest BCUT2D eigenvalue weighted by atomic mass is 9.85. The minimum atomic E-state index is -3.24. The fourth-order valence-electron chi connectivity index (χ4n) is 4.70. The Balaban J connectivity index is 1.86. The molecule has 3 atom stereocenters. The Morgan fingerprint density at radius 1 is 1.29 bits per heavy atom.